The number of rotatable bonds is 4. The number of nitrogens with one attached hydrogen (secondary N) is 1. The van der Waals surface area contributed by atoms with Crippen molar-refractivity contribution in [3.8, 4) is 0 Å². The van der Waals surface area contributed by atoms with Gasteiger partial charge < -0.3 is 15.8 Å². The van der Waals surface area contributed by atoms with Gasteiger partial charge in [0, 0.05) is 13.2 Å². The maximum Gasteiger partial charge on any atom is 0.249 e. The van der Waals surface area contributed by atoms with Crippen LogP contribution in [0, 0.1) is 17.8 Å². The summed E-state index contributed by atoms with van der Waals surface area (Å²) in [7, 11) is 0. The van der Waals surface area contributed by atoms with Gasteiger partial charge in [-0.3, -0.25) is 4.79 Å². The molecule has 2 aliphatic rings. The molecule has 104 valence electrons. The average Bonchev–Trinajstić information content (AvgIpc) is 2.83. The van der Waals surface area contributed by atoms with Crippen LogP contribution >= 0.6 is 0 Å². The molecule has 1 saturated heterocycles. The molecule has 18 heavy (non-hydrogen) atoms. The number of carbonyl (C=O) groups is 1. The summed E-state index contributed by atoms with van der Waals surface area (Å²) in [5.41, 5.74) is 5.68. The van der Waals surface area contributed by atoms with Gasteiger partial charge in [-0.2, -0.15) is 0 Å². The Labute approximate surface area is 110 Å². The second-order valence-electron chi connectivity index (χ2n) is 5.92. The number of amides is 1. The van der Waals surface area contributed by atoms with Crippen LogP contribution in [0.15, 0.2) is 0 Å². The highest BCUT2D eigenvalue weighted by molar-refractivity contribution is 5.81. The molecule has 0 bridgehead atoms. The Morgan fingerprint density at radius 2 is 1.89 bits per heavy atom. The van der Waals surface area contributed by atoms with Gasteiger partial charge in [0.25, 0.3) is 0 Å². The Morgan fingerprint density at radius 1 is 1.22 bits per heavy atom. The largest absolute Gasteiger partial charge is 0.368 e. The van der Waals surface area contributed by atoms with Crippen molar-refractivity contribution in [3.63, 3.8) is 0 Å². The smallest absolute Gasteiger partial charge is 0.249 e. The molecule has 2 unspecified atom stereocenters. The molecule has 2 fully saturated rings. The lowest BCUT2D eigenvalue weighted by Gasteiger charge is -2.28. The number of hydrogen-bond donors (Lipinski definition) is 2. The van der Waals surface area contributed by atoms with E-state index in [1.165, 1.54) is 25.7 Å². The summed E-state index contributed by atoms with van der Waals surface area (Å²) >= 11 is 0. The summed E-state index contributed by atoms with van der Waals surface area (Å²) in [6.07, 6.45) is 5.61. The molecule has 0 aromatic heterocycles. The van der Waals surface area contributed by atoms with Crippen molar-refractivity contribution in [1.29, 1.82) is 0 Å². The van der Waals surface area contributed by atoms with Gasteiger partial charge in [-0.15, -0.1) is 0 Å². The quantitative estimate of drug-likeness (QED) is 0.794. The predicted molar refractivity (Wildman–Crippen MR) is 71.0 cm³/mol. The first-order valence-corrected chi connectivity index (χ1v) is 7.30. The summed E-state index contributed by atoms with van der Waals surface area (Å²) in [6.45, 7) is 4.43. The van der Waals surface area contributed by atoms with Gasteiger partial charge in [0.05, 0.1) is 0 Å². The minimum atomic E-state index is -0.217. The van der Waals surface area contributed by atoms with Crippen LogP contribution in [0.4, 0.5) is 0 Å². The Balaban J connectivity index is 1.67. The molecule has 1 amide bonds. The number of ether oxygens (including phenoxy) is 1. The van der Waals surface area contributed by atoms with E-state index in [9.17, 15) is 4.79 Å². The molecule has 0 aromatic carbocycles. The molecule has 0 aromatic rings. The number of carbonyl (C=O) groups excluding carboxylic acids is 1. The van der Waals surface area contributed by atoms with Crippen molar-refractivity contribution in [2.75, 3.05) is 19.7 Å². The molecule has 1 aliphatic heterocycles. The summed E-state index contributed by atoms with van der Waals surface area (Å²) in [4.78, 5) is 12.0. The van der Waals surface area contributed by atoms with E-state index in [4.69, 9.17) is 10.5 Å². The summed E-state index contributed by atoms with van der Waals surface area (Å²) in [5, 5.41) is 3.06. The third-order valence-corrected chi connectivity index (χ3v) is 4.51. The molecule has 0 spiro atoms. The number of nitrogens with two attached hydrogens (primary N) is 1. The second-order valence-corrected chi connectivity index (χ2v) is 5.92. The van der Waals surface area contributed by atoms with Crippen LogP contribution in [0.1, 0.15) is 39.0 Å². The molecule has 4 nitrogen and oxygen atoms in total. The van der Waals surface area contributed by atoms with Crippen molar-refractivity contribution in [3.05, 3.63) is 0 Å². The first-order valence-electron chi connectivity index (χ1n) is 7.30. The van der Waals surface area contributed by atoms with Gasteiger partial charge in [-0.25, -0.2) is 0 Å². The normalized spacial score (nSPS) is 36.6. The van der Waals surface area contributed by atoms with Crippen molar-refractivity contribution in [2.24, 2.45) is 23.5 Å². The molecule has 4 heteroatoms. The zero-order chi connectivity index (χ0) is 13.0. The first kappa shape index (κ1) is 13.8. The van der Waals surface area contributed by atoms with Crippen LogP contribution in [0.25, 0.3) is 0 Å². The Kier molecular flexibility index (Phi) is 5.01. The zero-order valence-electron chi connectivity index (χ0n) is 11.4. The lowest BCUT2D eigenvalue weighted by atomic mass is 9.82. The van der Waals surface area contributed by atoms with Crippen molar-refractivity contribution in [2.45, 2.75) is 45.1 Å². The van der Waals surface area contributed by atoms with E-state index in [1.807, 2.05) is 0 Å². The van der Waals surface area contributed by atoms with E-state index in [0.717, 1.165) is 26.1 Å². The molecule has 1 saturated carbocycles. The highest BCUT2D eigenvalue weighted by Gasteiger charge is 2.31. The van der Waals surface area contributed by atoms with E-state index in [1.54, 1.807) is 0 Å². The van der Waals surface area contributed by atoms with E-state index < -0.39 is 0 Å². The van der Waals surface area contributed by atoms with Crippen molar-refractivity contribution >= 4 is 5.91 Å². The van der Waals surface area contributed by atoms with Crippen LogP contribution in [0.5, 0.6) is 0 Å². The van der Waals surface area contributed by atoms with E-state index in [-0.39, 0.29) is 12.0 Å². The van der Waals surface area contributed by atoms with Crippen LogP contribution in [-0.4, -0.2) is 31.7 Å². The molecule has 3 N–H and O–H groups in total. The minimum Gasteiger partial charge on any atom is -0.368 e. The van der Waals surface area contributed by atoms with Crippen molar-refractivity contribution in [1.82, 2.24) is 5.32 Å². The SMILES string of the molecule is CC1CCOC1C(=O)NCC1CCC(CN)CC1. The third kappa shape index (κ3) is 3.45. The lowest BCUT2D eigenvalue weighted by Crippen LogP contribution is -2.40. The van der Waals surface area contributed by atoms with E-state index in [0.29, 0.717) is 17.8 Å². The van der Waals surface area contributed by atoms with Crippen LogP contribution < -0.4 is 11.1 Å². The summed E-state index contributed by atoms with van der Waals surface area (Å²) < 4.78 is 5.47. The van der Waals surface area contributed by atoms with E-state index >= 15 is 0 Å². The van der Waals surface area contributed by atoms with Gasteiger partial charge in [-0.1, -0.05) is 6.92 Å². The number of hydrogen-bond acceptors (Lipinski definition) is 3. The summed E-state index contributed by atoms with van der Waals surface area (Å²) in [5.74, 6) is 1.78. The lowest BCUT2D eigenvalue weighted by molar-refractivity contribution is -0.131. The fraction of sp³-hybridized carbons (Fsp3) is 0.929. The molecule has 2 rings (SSSR count). The highest BCUT2D eigenvalue weighted by Crippen LogP contribution is 2.27. The molecule has 1 aliphatic carbocycles. The third-order valence-electron chi connectivity index (χ3n) is 4.51. The maximum absolute atomic E-state index is 12.0. The molecule has 2 atom stereocenters. The Hall–Kier alpha value is -0.610. The van der Waals surface area contributed by atoms with Crippen LogP contribution in [0.2, 0.25) is 0 Å². The average molecular weight is 254 g/mol. The zero-order valence-corrected chi connectivity index (χ0v) is 11.4. The molecule has 1 heterocycles. The standard InChI is InChI=1S/C14H26N2O2/c1-10-6-7-18-13(10)14(17)16-9-12-4-2-11(8-15)3-5-12/h10-13H,2-9,15H2,1H3,(H,16,17). The van der Waals surface area contributed by atoms with Gasteiger partial charge in [0.2, 0.25) is 5.91 Å². The van der Waals surface area contributed by atoms with Crippen LogP contribution in [0.3, 0.4) is 0 Å². The fourth-order valence-corrected chi connectivity index (χ4v) is 3.05. The Bertz CT molecular complexity index is 275. The van der Waals surface area contributed by atoms with Crippen molar-refractivity contribution < 1.29 is 9.53 Å². The van der Waals surface area contributed by atoms with E-state index in [2.05, 4.69) is 12.2 Å². The summed E-state index contributed by atoms with van der Waals surface area (Å²) in [6, 6.07) is 0. The second kappa shape index (κ2) is 6.53. The van der Waals surface area contributed by atoms with Gasteiger partial charge >= 0.3 is 0 Å². The molecular formula is C14H26N2O2. The predicted octanol–water partition coefficient (Wildman–Crippen LogP) is 1.29. The molecule has 0 radical (unpaired) electrons. The first-order chi connectivity index (χ1) is 8.70. The Morgan fingerprint density at radius 3 is 2.44 bits per heavy atom. The topological polar surface area (TPSA) is 64.3 Å². The highest BCUT2D eigenvalue weighted by atomic mass is 16.5. The monoisotopic (exact) mass is 254 g/mol. The van der Waals surface area contributed by atoms with Gasteiger partial charge in [0.1, 0.15) is 6.10 Å². The molecular weight excluding hydrogens is 228 g/mol. The van der Waals surface area contributed by atoms with Gasteiger partial charge in [0.15, 0.2) is 0 Å². The fourth-order valence-electron chi connectivity index (χ4n) is 3.05. The minimum absolute atomic E-state index is 0.0842. The maximum atomic E-state index is 12.0. The van der Waals surface area contributed by atoms with Gasteiger partial charge in [-0.05, 0) is 56.4 Å². The van der Waals surface area contributed by atoms with Crippen LogP contribution in [-0.2, 0) is 9.53 Å².